The second-order valence-electron chi connectivity index (χ2n) is 7.04. The zero-order valence-corrected chi connectivity index (χ0v) is 15.9. The minimum absolute atomic E-state index is 0.0215. The number of carbonyl (C=O) groups excluding carboxylic acids is 2. The molecule has 7 nitrogen and oxygen atoms in total. The average molecular weight is 371 g/mol. The number of ether oxygens (including phenoxy) is 1. The van der Waals surface area contributed by atoms with Crippen molar-refractivity contribution < 1.29 is 18.8 Å². The average Bonchev–Trinajstić information content (AvgIpc) is 3.37. The van der Waals surface area contributed by atoms with Crippen molar-refractivity contribution >= 4 is 11.8 Å². The highest BCUT2D eigenvalue weighted by Crippen LogP contribution is 2.24. The Labute approximate surface area is 158 Å². The molecule has 0 spiro atoms. The largest absolute Gasteiger partial charge is 0.497 e. The number of methoxy groups -OCH3 is 1. The van der Waals surface area contributed by atoms with Gasteiger partial charge in [0.05, 0.1) is 7.11 Å². The highest BCUT2D eigenvalue weighted by atomic mass is 16.5. The van der Waals surface area contributed by atoms with Crippen molar-refractivity contribution in [1.82, 2.24) is 15.4 Å². The van der Waals surface area contributed by atoms with Gasteiger partial charge in [0, 0.05) is 24.7 Å². The van der Waals surface area contributed by atoms with E-state index in [0.717, 1.165) is 31.5 Å². The molecule has 27 heavy (non-hydrogen) atoms. The summed E-state index contributed by atoms with van der Waals surface area (Å²) in [5.74, 6) is 0.676. The summed E-state index contributed by atoms with van der Waals surface area (Å²) in [6.07, 6.45) is 2.02. The lowest BCUT2D eigenvalue weighted by molar-refractivity contribution is -0.133. The molecule has 1 aromatic heterocycles. The first kappa shape index (κ1) is 18.9. The predicted molar refractivity (Wildman–Crippen MR) is 100 cm³/mol. The summed E-state index contributed by atoms with van der Waals surface area (Å²) >= 11 is 0. The van der Waals surface area contributed by atoms with Gasteiger partial charge in [-0.25, -0.2) is 0 Å². The monoisotopic (exact) mass is 371 g/mol. The first-order chi connectivity index (χ1) is 13.0. The molecule has 1 fully saturated rings. The third-order valence-corrected chi connectivity index (χ3v) is 4.73. The van der Waals surface area contributed by atoms with Gasteiger partial charge in [-0.05, 0) is 30.9 Å². The van der Waals surface area contributed by atoms with Crippen molar-refractivity contribution in [1.29, 1.82) is 0 Å². The molecule has 1 aliphatic heterocycles. The molecule has 3 rings (SSSR count). The quantitative estimate of drug-likeness (QED) is 0.844. The van der Waals surface area contributed by atoms with E-state index < -0.39 is 11.9 Å². The summed E-state index contributed by atoms with van der Waals surface area (Å²) in [5.41, 5.74) is 0.905. The highest BCUT2D eigenvalue weighted by Gasteiger charge is 2.31. The number of benzene rings is 1. The van der Waals surface area contributed by atoms with Crippen molar-refractivity contribution in [2.45, 2.75) is 32.7 Å². The molecule has 0 aliphatic carbocycles. The van der Waals surface area contributed by atoms with Gasteiger partial charge in [0.25, 0.3) is 5.91 Å². The SMILES string of the molecule is COc1cccc(-c2cc(C(=O)N[C@H](C(=O)N3CCCC3)C(C)C)no2)c1. The number of hydrogen-bond donors (Lipinski definition) is 1. The lowest BCUT2D eigenvalue weighted by Gasteiger charge is -2.26. The van der Waals surface area contributed by atoms with Crippen LogP contribution in [0.15, 0.2) is 34.9 Å². The Morgan fingerprint density at radius 3 is 2.63 bits per heavy atom. The molecule has 1 saturated heterocycles. The Bertz CT molecular complexity index is 809. The molecular weight excluding hydrogens is 346 g/mol. The maximum atomic E-state index is 12.7. The van der Waals surface area contributed by atoms with Crippen LogP contribution in [0.5, 0.6) is 5.75 Å². The highest BCUT2D eigenvalue weighted by molar-refractivity contribution is 5.96. The molecule has 1 N–H and O–H groups in total. The first-order valence-corrected chi connectivity index (χ1v) is 9.20. The molecule has 0 radical (unpaired) electrons. The molecular formula is C20H25N3O4. The lowest BCUT2D eigenvalue weighted by Crippen LogP contribution is -2.50. The molecule has 7 heteroatoms. The smallest absolute Gasteiger partial charge is 0.274 e. The summed E-state index contributed by atoms with van der Waals surface area (Å²) in [5, 5.41) is 6.68. The molecule has 2 amide bonds. The second kappa shape index (κ2) is 8.24. The molecule has 1 aromatic carbocycles. The van der Waals surface area contributed by atoms with Crippen molar-refractivity contribution in [3.05, 3.63) is 36.0 Å². The maximum Gasteiger partial charge on any atom is 0.274 e. The van der Waals surface area contributed by atoms with Crippen molar-refractivity contribution in [2.24, 2.45) is 5.92 Å². The van der Waals surface area contributed by atoms with Crippen LogP contribution in [0.25, 0.3) is 11.3 Å². The Kier molecular flexibility index (Phi) is 5.78. The van der Waals surface area contributed by atoms with Crippen LogP contribution in [0.4, 0.5) is 0 Å². The number of carbonyl (C=O) groups is 2. The van der Waals surface area contributed by atoms with Crippen LogP contribution < -0.4 is 10.1 Å². The van der Waals surface area contributed by atoms with Crippen LogP contribution in [-0.4, -0.2) is 48.1 Å². The van der Waals surface area contributed by atoms with Gasteiger partial charge < -0.3 is 19.5 Å². The molecule has 2 aromatic rings. The zero-order valence-electron chi connectivity index (χ0n) is 15.9. The summed E-state index contributed by atoms with van der Waals surface area (Å²) < 4.78 is 10.5. The molecule has 0 saturated carbocycles. The van der Waals surface area contributed by atoms with Gasteiger partial charge >= 0.3 is 0 Å². The van der Waals surface area contributed by atoms with Crippen molar-refractivity contribution in [3.8, 4) is 17.1 Å². The molecule has 144 valence electrons. The Morgan fingerprint density at radius 1 is 1.22 bits per heavy atom. The van der Waals surface area contributed by atoms with Crippen LogP contribution in [0.3, 0.4) is 0 Å². The number of rotatable bonds is 6. The number of hydrogen-bond acceptors (Lipinski definition) is 5. The summed E-state index contributed by atoms with van der Waals surface area (Å²) in [4.78, 5) is 27.1. The predicted octanol–water partition coefficient (Wildman–Crippen LogP) is 2.73. The van der Waals surface area contributed by atoms with Gasteiger partial charge in [-0.15, -0.1) is 0 Å². The van der Waals surface area contributed by atoms with Gasteiger partial charge in [0.2, 0.25) is 5.91 Å². The van der Waals surface area contributed by atoms with E-state index in [1.165, 1.54) is 0 Å². The molecule has 0 bridgehead atoms. The normalized spacial score (nSPS) is 15.0. The second-order valence-corrected chi connectivity index (χ2v) is 7.04. The fourth-order valence-electron chi connectivity index (χ4n) is 3.16. The van der Waals surface area contributed by atoms with Gasteiger partial charge in [-0.3, -0.25) is 9.59 Å². The topological polar surface area (TPSA) is 84.7 Å². The summed E-state index contributed by atoms with van der Waals surface area (Å²) in [6, 6.07) is 8.30. The van der Waals surface area contributed by atoms with Gasteiger partial charge in [0.1, 0.15) is 11.8 Å². The molecule has 1 aliphatic rings. The standard InChI is InChI=1S/C20H25N3O4/c1-13(2)18(20(25)23-9-4-5-10-23)21-19(24)16-12-17(27-22-16)14-7-6-8-15(11-14)26-3/h6-8,11-13,18H,4-5,9-10H2,1-3H3,(H,21,24)/t18-/m0/s1. The summed E-state index contributed by atoms with van der Waals surface area (Å²) in [6.45, 7) is 5.34. The fraction of sp³-hybridized carbons (Fsp3) is 0.450. The van der Waals surface area contributed by atoms with Gasteiger partial charge in [0.15, 0.2) is 11.5 Å². The molecule has 1 atom stereocenters. The third kappa shape index (κ3) is 4.30. The number of aromatic nitrogens is 1. The molecule has 0 unspecified atom stereocenters. The van der Waals surface area contributed by atoms with Crippen LogP contribution in [0.2, 0.25) is 0 Å². The van der Waals surface area contributed by atoms with E-state index >= 15 is 0 Å². The zero-order chi connectivity index (χ0) is 19.4. The number of nitrogens with zero attached hydrogens (tertiary/aromatic N) is 2. The first-order valence-electron chi connectivity index (χ1n) is 9.20. The lowest BCUT2D eigenvalue weighted by atomic mass is 10.0. The van der Waals surface area contributed by atoms with Crippen LogP contribution in [0.1, 0.15) is 37.2 Å². The van der Waals surface area contributed by atoms with Gasteiger partial charge in [-0.1, -0.05) is 31.1 Å². The number of nitrogens with one attached hydrogen (secondary N) is 1. The van der Waals surface area contributed by atoms with E-state index in [1.54, 1.807) is 19.2 Å². The van der Waals surface area contributed by atoms with Crippen LogP contribution >= 0.6 is 0 Å². The van der Waals surface area contributed by atoms with E-state index in [2.05, 4.69) is 10.5 Å². The van der Waals surface area contributed by atoms with Gasteiger partial charge in [-0.2, -0.15) is 0 Å². The fourth-order valence-corrected chi connectivity index (χ4v) is 3.16. The number of likely N-dealkylation sites (tertiary alicyclic amines) is 1. The van der Waals surface area contributed by atoms with E-state index in [0.29, 0.717) is 11.5 Å². The van der Waals surface area contributed by atoms with Crippen LogP contribution in [-0.2, 0) is 4.79 Å². The van der Waals surface area contributed by atoms with E-state index in [1.807, 2.05) is 36.9 Å². The minimum atomic E-state index is -0.576. The van der Waals surface area contributed by atoms with Crippen molar-refractivity contribution in [3.63, 3.8) is 0 Å². The Balaban J connectivity index is 1.73. The Morgan fingerprint density at radius 2 is 1.96 bits per heavy atom. The molecule has 2 heterocycles. The van der Waals surface area contributed by atoms with Crippen LogP contribution in [0, 0.1) is 5.92 Å². The minimum Gasteiger partial charge on any atom is -0.497 e. The Hall–Kier alpha value is -2.83. The van der Waals surface area contributed by atoms with E-state index in [4.69, 9.17) is 9.26 Å². The number of amides is 2. The van der Waals surface area contributed by atoms with Crippen molar-refractivity contribution in [2.75, 3.05) is 20.2 Å². The third-order valence-electron chi connectivity index (χ3n) is 4.73. The van der Waals surface area contributed by atoms with E-state index in [9.17, 15) is 9.59 Å². The van der Waals surface area contributed by atoms with E-state index in [-0.39, 0.29) is 17.5 Å². The maximum absolute atomic E-state index is 12.7. The summed E-state index contributed by atoms with van der Waals surface area (Å²) in [7, 11) is 1.59.